The molecule has 1 aromatic carbocycles. The van der Waals surface area contributed by atoms with Crippen LogP contribution in [0.5, 0.6) is 0 Å². The zero-order valence-corrected chi connectivity index (χ0v) is 18.2. The number of carbonyl (C=O) groups excluding carboxylic acids is 2. The smallest absolute Gasteiger partial charge is 0.273 e. The van der Waals surface area contributed by atoms with E-state index in [1.54, 1.807) is 25.5 Å². The van der Waals surface area contributed by atoms with E-state index in [0.717, 1.165) is 12.8 Å². The van der Waals surface area contributed by atoms with Crippen LogP contribution in [-0.4, -0.2) is 63.7 Å². The fourth-order valence-corrected chi connectivity index (χ4v) is 3.15. The molecule has 0 saturated heterocycles. The third kappa shape index (κ3) is 6.46. The molecule has 0 aliphatic heterocycles. The van der Waals surface area contributed by atoms with E-state index in [1.165, 1.54) is 18.2 Å². The van der Waals surface area contributed by atoms with E-state index in [9.17, 15) is 19.1 Å². The summed E-state index contributed by atoms with van der Waals surface area (Å²) in [6.07, 6.45) is 0.401. The molecule has 1 aromatic heterocycles. The van der Waals surface area contributed by atoms with Crippen LogP contribution >= 0.6 is 0 Å². The van der Waals surface area contributed by atoms with Crippen LogP contribution in [0.4, 0.5) is 4.39 Å². The van der Waals surface area contributed by atoms with E-state index in [-0.39, 0.29) is 12.2 Å². The number of fused-ring (bicyclic) bond motifs is 1. The Kier molecular flexibility index (Phi) is 8.49. The maximum absolute atomic E-state index is 13.8. The third-order valence-electron chi connectivity index (χ3n) is 4.88. The van der Waals surface area contributed by atoms with Crippen molar-refractivity contribution in [3.05, 3.63) is 29.7 Å². The van der Waals surface area contributed by atoms with Gasteiger partial charge in [-0.15, -0.1) is 0 Å². The molecule has 0 radical (unpaired) electrons. The van der Waals surface area contributed by atoms with E-state index >= 15 is 0 Å². The van der Waals surface area contributed by atoms with Crippen LogP contribution in [0.15, 0.2) is 18.2 Å². The Balaban J connectivity index is 2.29. The average molecular weight is 438 g/mol. The number of benzene rings is 1. The van der Waals surface area contributed by atoms with Crippen molar-refractivity contribution in [2.75, 3.05) is 19.7 Å². The topological polar surface area (TPSA) is 142 Å². The van der Waals surface area contributed by atoms with Crippen molar-refractivity contribution in [3.63, 3.8) is 0 Å². The first kappa shape index (κ1) is 24.7. The molecule has 0 aliphatic rings. The van der Waals surface area contributed by atoms with E-state index in [2.05, 4.69) is 15.7 Å². The van der Waals surface area contributed by atoms with Gasteiger partial charge in [-0.25, -0.2) is 4.39 Å². The number of hydrogen-bond donors (Lipinski definition) is 5. The van der Waals surface area contributed by atoms with Gasteiger partial charge < -0.3 is 26.6 Å². The van der Waals surface area contributed by atoms with Gasteiger partial charge in [0.2, 0.25) is 5.91 Å². The number of aryl methyl sites for hydroxylation is 1. The van der Waals surface area contributed by atoms with Crippen molar-refractivity contribution in [3.8, 4) is 0 Å². The second kappa shape index (κ2) is 10.7. The van der Waals surface area contributed by atoms with Crippen molar-refractivity contribution < 1.29 is 24.2 Å². The molecular weight excluding hydrogens is 405 g/mol. The van der Waals surface area contributed by atoms with Crippen LogP contribution in [0.25, 0.3) is 10.9 Å². The number of unbranched alkanes of at least 4 members (excludes halogenated alkanes) is 1. The molecule has 0 saturated carbocycles. The first-order chi connectivity index (χ1) is 14.6. The molecule has 172 valence electrons. The van der Waals surface area contributed by atoms with Crippen LogP contribution in [-0.2, 0) is 11.3 Å². The van der Waals surface area contributed by atoms with Gasteiger partial charge in [0.25, 0.3) is 5.91 Å². The van der Waals surface area contributed by atoms with Crippen LogP contribution in [0, 0.1) is 11.2 Å². The largest absolute Gasteiger partial charge is 0.394 e. The van der Waals surface area contributed by atoms with Gasteiger partial charge in [0, 0.05) is 18.5 Å². The van der Waals surface area contributed by atoms with Gasteiger partial charge in [0.1, 0.15) is 11.9 Å². The Morgan fingerprint density at radius 3 is 2.61 bits per heavy atom. The molecule has 6 N–H and O–H groups in total. The molecule has 10 heteroatoms. The summed E-state index contributed by atoms with van der Waals surface area (Å²) in [7, 11) is 0. The van der Waals surface area contributed by atoms with E-state index in [0.29, 0.717) is 24.0 Å². The Morgan fingerprint density at radius 1 is 1.29 bits per heavy atom. The van der Waals surface area contributed by atoms with E-state index < -0.39 is 41.8 Å². The van der Waals surface area contributed by atoms with Crippen molar-refractivity contribution in [2.45, 2.75) is 52.3 Å². The second-order valence-corrected chi connectivity index (χ2v) is 8.58. The normalized spacial score (nSPS) is 13.8. The molecule has 2 aromatic rings. The molecule has 2 rings (SSSR count). The van der Waals surface area contributed by atoms with Gasteiger partial charge in [0.05, 0.1) is 18.2 Å². The Bertz CT molecular complexity index is 909. The number of carbonyl (C=O) groups is 2. The molecule has 1 heterocycles. The summed E-state index contributed by atoms with van der Waals surface area (Å²) in [4.78, 5) is 25.7. The lowest BCUT2D eigenvalue weighted by molar-refractivity contribution is -0.125. The number of aliphatic hydroxyl groups excluding tert-OH is 2. The second-order valence-electron chi connectivity index (χ2n) is 8.58. The first-order valence-corrected chi connectivity index (χ1v) is 10.3. The Morgan fingerprint density at radius 2 is 2.00 bits per heavy atom. The molecular formula is C21H32FN5O4. The maximum Gasteiger partial charge on any atom is 0.273 e. The lowest BCUT2D eigenvalue weighted by atomic mass is 9.86. The molecule has 0 spiro atoms. The van der Waals surface area contributed by atoms with Crippen LogP contribution < -0.4 is 16.4 Å². The van der Waals surface area contributed by atoms with Gasteiger partial charge >= 0.3 is 0 Å². The fourth-order valence-electron chi connectivity index (χ4n) is 3.15. The summed E-state index contributed by atoms with van der Waals surface area (Å²) in [5, 5.41) is 28.5. The number of aliphatic hydroxyl groups is 2. The highest BCUT2D eigenvalue weighted by Gasteiger charge is 2.34. The highest BCUT2D eigenvalue weighted by atomic mass is 19.1. The van der Waals surface area contributed by atoms with Crippen LogP contribution in [0.1, 0.15) is 44.1 Å². The van der Waals surface area contributed by atoms with Crippen molar-refractivity contribution in [1.29, 1.82) is 0 Å². The molecule has 0 fully saturated rings. The molecule has 31 heavy (non-hydrogen) atoms. The minimum Gasteiger partial charge on any atom is -0.394 e. The number of nitrogens with zero attached hydrogens (tertiary/aromatic N) is 2. The number of nitrogens with one attached hydrogen (secondary N) is 2. The molecule has 9 nitrogen and oxygen atoms in total. The number of rotatable bonds is 10. The Labute approximate surface area is 180 Å². The lowest BCUT2D eigenvalue weighted by Gasteiger charge is -2.30. The minimum absolute atomic E-state index is 0.0974. The van der Waals surface area contributed by atoms with Gasteiger partial charge in [-0.1, -0.05) is 20.8 Å². The van der Waals surface area contributed by atoms with E-state index in [4.69, 9.17) is 10.8 Å². The van der Waals surface area contributed by atoms with Crippen LogP contribution in [0.3, 0.4) is 0 Å². The highest BCUT2D eigenvalue weighted by molar-refractivity contribution is 6.06. The summed E-state index contributed by atoms with van der Waals surface area (Å²) >= 11 is 0. The average Bonchev–Trinajstić information content (AvgIpc) is 3.07. The van der Waals surface area contributed by atoms with Crippen molar-refractivity contribution in [1.82, 2.24) is 20.4 Å². The monoisotopic (exact) mass is 437 g/mol. The van der Waals surface area contributed by atoms with E-state index in [1.807, 2.05) is 0 Å². The molecule has 2 atom stereocenters. The predicted molar refractivity (Wildman–Crippen MR) is 115 cm³/mol. The van der Waals surface area contributed by atoms with Gasteiger partial charge in [0.15, 0.2) is 5.69 Å². The summed E-state index contributed by atoms with van der Waals surface area (Å²) in [5.74, 6) is -1.49. The number of hydrogen-bond acceptors (Lipinski definition) is 6. The van der Waals surface area contributed by atoms with Gasteiger partial charge in [-0.05, 0) is 43.0 Å². The predicted octanol–water partition coefficient (Wildman–Crippen LogP) is 0.528. The third-order valence-corrected chi connectivity index (χ3v) is 4.88. The molecule has 0 aliphatic carbocycles. The van der Waals surface area contributed by atoms with Gasteiger partial charge in [-0.3, -0.25) is 14.3 Å². The SMILES string of the molecule is CC(C)(C)C(NC(=O)c1nn(CCCCN)c2cc(F)ccc12)C(=O)NCC(O)CO. The molecule has 0 bridgehead atoms. The zero-order chi connectivity index (χ0) is 23.2. The standard InChI is InChI=1S/C21H32FN5O4/c1-21(2,3)18(20(31)24-11-14(29)12-28)25-19(30)17-15-7-6-13(22)10-16(15)27(26-17)9-5-4-8-23/h6-7,10,14,18,28-29H,4-5,8-9,11-12,23H2,1-3H3,(H,24,31)(H,25,30). The summed E-state index contributed by atoms with van der Waals surface area (Å²) in [6, 6.07) is 3.15. The maximum atomic E-state index is 13.8. The van der Waals surface area contributed by atoms with Gasteiger partial charge in [-0.2, -0.15) is 5.10 Å². The highest BCUT2D eigenvalue weighted by Crippen LogP contribution is 2.23. The number of nitrogens with two attached hydrogens (primary N) is 1. The summed E-state index contributed by atoms with van der Waals surface area (Å²) in [5.41, 5.74) is 5.48. The van der Waals surface area contributed by atoms with Crippen LogP contribution in [0.2, 0.25) is 0 Å². The zero-order valence-electron chi connectivity index (χ0n) is 18.2. The van der Waals surface area contributed by atoms with Crippen molar-refractivity contribution in [2.24, 2.45) is 11.1 Å². The number of amides is 2. The lowest BCUT2D eigenvalue weighted by Crippen LogP contribution is -2.54. The molecule has 2 amide bonds. The molecule has 2 unspecified atom stereocenters. The first-order valence-electron chi connectivity index (χ1n) is 10.3. The number of aromatic nitrogens is 2. The number of halogens is 1. The minimum atomic E-state index is -1.09. The quantitative estimate of drug-likeness (QED) is 0.343. The fraction of sp³-hybridized carbons (Fsp3) is 0.571. The summed E-state index contributed by atoms with van der Waals surface area (Å²) in [6.45, 7) is 5.74. The Hall–Kier alpha value is -2.56. The summed E-state index contributed by atoms with van der Waals surface area (Å²) < 4.78 is 15.4. The van der Waals surface area contributed by atoms with Crippen molar-refractivity contribution >= 4 is 22.7 Å².